The van der Waals surface area contributed by atoms with Crippen molar-refractivity contribution in [1.29, 1.82) is 0 Å². The summed E-state index contributed by atoms with van der Waals surface area (Å²) in [6.45, 7) is 5.93. The predicted octanol–water partition coefficient (Wildman–Crippen LogP) is 1.54. The maximum absolute atomic E-state index is 12.0. The number of hydrogen-bond acceptors (Lipinski definition) is 4. The molecule has 0 saturated carbocycles. The van der Waals surface area contributed by atoms with Crippen LogP contribution in [0.1, 0.15) is 20.8 Å². The highest BCUT2D eigenvalue weighted by Crippen LogP contribution is 2.22. The van der Waals surface area contributed by atoms with Gasteiger partial charge < -0.3 is 20.4 Å². The first kappa shape index (κ1) is 14.2. The van der Waals surface area contributed by atoms with E-state index in [4.69, 9.17) is 10.5 Å². The second kappa shape index (κ2) is 5.03. The number of ether oxygens (including phenoxy) is 1. The van der Waals surface area contributed by atoms with Gasteiger partial charge in [0, 0.05) is 11.6 Å². The standard InChI is InChI=1S/C14H20N4O2/c1-14(2,3)17-12(19)8-18-11-7-9(20-4)5-6-10(11)16-13(18)15/h5-7H,8H2,1-4H3,(H2,15,16)(H,17,19). The molecule has 3 N–H and O–H groups in total. The number of nitrogen functional groups attached to an aromatic ring is 1. The van der Waals surface area contributed by atoms with Gasteiger partial charge in [-0.3, -0.25) is 4.79 Å². The molecule has 20 heavy (non-hydrogen) atoms. The van der Waals surface area contributed by atoms with Gasteiger partial charge in [-0.05, 0) is 32.9 Å². The van der Waals surface area contributed by atoms with E-state index in [1.54, 1.807) is 11.7 Å². The van der Waals surface area contributed by atoms with Crippen LogP contribution in [0.5, 0.6) is 5.75 Å². The summed E-state index contributed by atoms with van der Waals surface area (Å²) in [6.07, 6.45) is 0. The van der Waals surface area contributed by atoms with E-state index in [-0.39, 0.29) is 18.0 Å². The lowest BCUT2D eigenvalue weighted by Crippen LogP contribution is -2.42. The van der Waals surface area contributed by atoms with Crippen LogP contribution in [0, 0.1) is 0 Å². The maximum atomic E-state index is 12.0. The molecule has 0 aliphatic heterocycles. The van der Waals surface area contributed by atoms with Crippen molar-refractivity contribution in [2.24, 2.45) is 0 Å². The lowest BCUT2D eigenvalue weighted by molar-refractivity contribution is -0.122. The van der Waals surface area contributed by atoms with E-state index in [1.165, 1.54) is 0 Å². The summed E-state index contributed by atoms with van der Waals surface area (Å²) < 4.78 is 6.87. The highest BCUT2D eigenvalue weighted by atomic mass is 16.5. The number of nitrogens with two attached hydrogens (primary N) is 1. The molecule has 6 nitrogen and oxygen atoms in total. The molecule has 2 aromatic rings. The second-order valence-corrected chi connectivity index (χ2v) is 5.71. The van der Waals surface area contributed by atoms with Crippen molar-refractivity contribution in [2.75, 3.05) is 12.8 Å². The number of carbonyl (C=O) groups excluding carboxylic acids is 1. The third kappa shape index (κ3) is 3.01. The van der Waals surface area contributed by atoms with Crippen molar-refractivity contribution >= 4 is 22.9 Å². The fraction of sp³-hybridized carbons (Fsp3) is 0.429. The molecule has 0 saturated heterocycles. The Bertz CT molecular complexity index is 640. The van der Waals surface area contributed by atoms with Gasteiger partial charge >= 0.3 is 0 Å². The molecule has 1 aromatic carbocycles. The van der Waals surface area contributed by atoms with Crippen molar-refractivity contribution < 1.29 is 9.53 Å². The van der Waals surface area contributed by atoms with Crippen molar-refractivity contribution in [2.45, 2.75) is 32.9 Å². The van der Waals surface area contributed by atoms with E-state index in [9.17, 15) is 4.79 Å². The topological polar surface area (TPSA) is 82.2 Å². The van der Waals surface area contributed by atoms with Gasteiger partial charge in [0.15, 0.2) is 0 Å². The number of aromatic nitrogens is 2. The first-order valence-electron chi connectivity index (χ1n) is 6.41. The molecule has 0 fully saturated rings. The number of rotatable bonds is 3. The normalized spacial score (nSPS) is 11.6. The summed E-state index contributed by atoms with van der Waals surface area (Å²) in [5.41, 5.74) is 7.14. The Hall–Kier alpha value is -2.24. The van der Waals surface area contributed by atoms with Crippen LogP contribution in [0.25, 0.3) is 11.0 Å². The van der Waals surface area contributed by atoms with Crippen molar-refractivity contribution in [3.63, 3.8) is 0 Å². The van der Waals surface area contributed by atoms with Gasteiger partial charge in [0.25, 0.3) is 0 Å². The van der Waals surface area contributed by atoms with Gasteiger partial charge in [-0.25, -0.2) is 4.98 Å². The number of nitrogens with one attached hydrogen (secondary N) is 1. The minimum atomic E-state index is -0.278. The third-order valence-corrected chi connectivity index (χ3v) is 2.80. The number of carbonyl (C=O) groups is 1. The van der Waals surface area contributed by atoms with Crippen LogP contribution in [-0.2, 0) is 11.3 Å². The van der Waals surface area contributed by atoms with Crippen LogP contribution in [0.3, 0.4) is 0 Å². The summed E-state index contributed by atoms with van der Waals surface area (Å²) in [5.74, 6) is 0.915. The summed E-state index contributed by atoms with van der Waals surface area (Å²) in [5, 5.41) is 2.90. The Morgan fingerprint density at radius 1 is 1.45 bits per heavy atom. The van der Waals surface area contributed by atoms with Gasteiger partial charge in [-0.15, -0.1) is 0 Å². The Labute approximate surface area is 117 Å². The monoisotopic (exact) mass is 276 g/mol. The largest absolute Gasteiger partial charge is 0.497 e. The van der Waals surface area contributed by atoms with Crippen LogP contribution in [-0.4, -0.2) is 28.1 Å². The molecule has 1 heterocycles. The number of benzene rings is 1. The molecule has 0 aliphatic carbocycles. The Balaban J connectivity index is 2.33. The van der Waals surface area contributed by atoms with E-state index in [2.05, 4.69) is 10.3 Å². The van der Waals surface area contributed by atoms with E-state index in [1.807, 2.05) is 39.0 Å². The zero-order chi connectivity index (χ0) is 14.9. The van der Waals surface area contributed by atoms with Gasteiger partial charge in [-0.2, -0.15) is 0 Å². The molecule has 1 amide bonds. The fourth-order valence-electron chi connectivity index (χ4n) is 2.02. The Morgan fingerprint density at radius 3 is 2.75 bits per heavy atom. The number of amides is 1. The summed E-state index contributed by atoms with van der Waals surface area (Å²) in [7, 11) is 1.59. The zero-order valence-electron chi connectivity index (χ0n) is 12.2. The highest BCUT2D eigenvalue weighted by Gasteiger charge is 2.17. The second-order valence-electron chi connectivity index (χ2n) is 5.71. The van der Waals surface area contributed by atoms with Crippen LogP contribution < -0.4 is 15.8 Å². The minimum absolute atomic E-state index is 0.105. The third-order valence-electron chi connectivity index (χ3n) is 2.80. The van der Waals surface area contributed by atoms with Crippen LogP contribution >= 0.6 is 0 Å². The molecule has 0 bridgehead atoms. The first-order valence-corrected chi connectivity index (χ1v) is 6.41. The molecular formula is C14H20N4O2. The summed E-state index contributed by atoms with van der Waals surface area (Å²) >= 11 is 0. The number of imidazole rings is 1. The van der Waals surface area contributed by atoms with E-state index in [0.717, 1.165) is 11.0 Å². The lowest BCUT2D eigenvalue weighted by Gasteiger charge is -2.20. The molecule has 0 spiro atoms. The molecular weight excluding hydrogens is 256 g/mol. The smallest absolute Gasteiger partial charge is 0.240 e. The van der Waals surface area contributed by atoms with E-state index in [0.29, 0.717) is 11.7 Å². The van der Waals surface area contributed by atoms with Gasteiger partial charge in [-0.1, -0.05) is 0 Å². The lowest BCUT2D eigenvalue weighted by atomic mass is 10.1. The predicted molar refractivity (Wildman–Crippen MR) is 78.6 cm³/mol. The Kier molecular flexibility index (Phi) is 3.57. The number of fused-ring (bicyclic) bond motifs is 1. The zero-order valence-corrected chi connectivity index (χ0v) is 12.2. The van der Waals surface area contributed by atoms with E-state index < -0.39 is 0 Å². The number of nitrogens with zero attached hydrogens (tertiary/aromatic N) is 2. The molecule has 0 aliphatic rings. The van der Waals surface area contributed by atoms with Crippen LogP contribution in [0.15, 0.2) is 18.2 Å². The number of anilines is 1. The van der Waals surface area contributed by atoms with Crippen molar-refractivity contribution in [3.8, 4) is 5.75 Å². The van der Waals surface area contributed by atoms with Gasteiger partial charge in [0.2, 0.25) is 11.9 Å². The first-order chi connectivity index (χ1) is 9.30. The minimum Gasteiger partial charge on any atom is -0.497 e. The molecule has 0 unspecified atom stereocenters. The average molecular weight is 276 g/mol. The molecule has 6 heteroatoms. The SMILES string of the molecule is COc1ccc2nc(N)n(CC(=O)NC(C)(C)C)c2c1. The molecule has 0 radical (unpaired) electrons. The molecule has 2 rings (SSSR count). The maximum Gasteiger partial charge on any atom is 0.240 e. The van der Waals surface area contributed by atoms with Gasteiger partial charge in [0.05, 0.1) is 18.1 Å². The van der Waals surface area contributed by atoms with E-state index >= 15 is 0 Å². The van der Waals surface area contributed by atoms with Crippen molar-refractivity contribution in [1.82, 2.24) is 14.9 Å². The molecule has 0 atom stereocenters. The fourth-order valence-corrected chi connectivity index (χ4v) is 2.02. The summed E-state index contributed by atoms with van der Waals surface area (Å²) in [6, 6.07) is 5.46. The van der Waals surface area contributed by atoms with Gasteiger partial charge in [0.1, 0.15) is 12.3 Å². The highest BCUT2D eigenvalue weighted by molar-refractivity contribution is 5.84. The average Bonchev–Trinajstić information content (AvgIpc) is 2.63. The van der Waals surface area contributed by atoms with Crippen LogP contribution in [0.4, 0.5) is 5.95 Å². The summed E-state index contributed by atoms with van der Waals surface area (Å²) in [4.78, 5) is 16.3. The quantitative estimate of drug-likeness (QED) is 0.891. The number of methoxy groups -OCH3 is 1. The molecule has 108 valence electrons. The van der Waals surface area contributed by atoms with Crippen molar-refractivity contribution in [3.05, 3.63) is 18.2 Å². The van der Waals surface area contributed by atoms with Crippen LogP contribution in [0.2, 0.25) is 0 Å². The molecule has 1 aromatic heterocycles. The Morgan fingerprint density at radius 2 is 2.15 bits per heavy atom. The number of hydrogen-bond donors (Lipinski definition) is 2.